The van der Waals surface area contributed by atoms with E-state index in [0.717, 1.165) is 22.9 Å². The maximum absolute atomic E-state index is 9.99. The van der Waals surface area contributed by atoms with E-state index in [-0.39, 0.29) is 0 Å². The molecule has 0 spiro atoms. The fourth-order valence-corrected chi connectivity index (χ4v) is 2.80. The lowest BCUT2D eigenvalue weighted by atomic mass is 10.0. The van der Waals surface area contributed by atoms with Gasteiger partial charge in [0.05, 0.1) is 24.3 Å². The van der Waals surface area contributed by atoms with E-state index in [4.69, 9.17) is 21.1 Å². The van der Waals surface area contributed by atoms with E-state index in [0.29, 0.717) is 22.9 Å². The van der Waals surface area contributed by atoms with Crippen molar-refractivity contribution in [3.05, 3.63) is 21.1 Å². The second-order valence-corrected chi connectivity index (χ2v) is 5.55. The first kappa shape index (κ1) is 13.0. The quantitative estimate of drug-likeness (QED) is 0.925. The molecule has 1 saturated carbocycles. The number of hydrogen-bond donors (Lipinski definition) is 1. The Labute approximate surface area is 114 Å². The van der Waals surface area contributed by atoms with E-state index in [1.165, 1.54) is 0 Å². The molecule has 0 heterocycles. The van der Waals surface area contributed by atoms with Gasteiger partial charge in [-0.05, 0) is 34.8 Å². The minimum atomic E-state index is -0.615. The summed E-state index contributed by atoms with van der Waals surface area (Å²) in [6, 6.07) is 1.77. The van der Waals surface area contributed by atoms with Gasteiger partial charge in [0.25, 0.3) is 0 Å². The zero-order valence-corrected chi connectivity index (χ0v) is 12.1. The summed E-state index contributed by atoms with van der Waals surface area (Å²) in [4.78, 5) is 0. The van der Waals surface area contributed by atoms with Crippen LogP contribution in [0.4, 0.5) is 0 Å². The van der Waals surface area contributed by atoms with Crippen LogP contribution < -0.4 is 9.47 Å². The third-order valence-electron chi connectivity index (χ3n) is 2.98. The zero-order chi connectivity index (χ0) is 12.6. The normalized spacial score (nSPS) is 16.8. The summed E-state index contributed by atoms with van der Waals surface area (Å²) in [7, 11) is 3.15. The molecule has 1 aromatic carbocycles. The average Bonchev–Trinajstić information content (AvgIpc) is 3.00. The molecule has 17 heavy (non-hydrogen) atoms. The van der Waals surface area contributed by atoms with Crippen LogP contribution in [-0.4, -0.2) is 24.9 Å². The van der Waals surface area contributed by atoms with Crippen molar-refractivity contribution in [1.29, 1.82) is 0 Å². The van der Waals surface area contributed by atoms with Crippen molar-refractivity contribution in [2.75, 3.05) is 14.2 Å². The minimum absolute atomic E-state index is 0.499. The SMILES string of the molecule is COc1c(Br)cc(Cl)c(CC2(O)CC2)c1OC. The van der Waals surface area contributed by atoms with Crippen molar-refractivity contribution >= 4 is 27.5 Å². The van der Waals surface area contributed by atoms with Crippen LogP contribution in [-0.2, 0) is 6.42 Å². The van der Waals surface area contributed by atoms with Crippen LogP contribution in [0.15, 0.2) is 10.5 Å². The van der Waals surface area contributed by atoms with Crippen molar-refractivity contribution in [3.63, 3.8) is 0 Å². The highest BCUT2D eigenvalue weighted by Gasteiger charge is 2.41. The maximum atomic E-state index is 9.99. The second kappa shape index (κ2) is 4.67. The van der Waals surface area contributed by atoms with E-state index >= 15 is 0 Å². The molecule has 0 unspecified atom stereocenters. The van der Waals surface area contributed by atoms with Crippen LogP contribution in [0.25, 0.3) is 0 Å². The molecule has 0 amide bonds. The van der Waals surface area contributed by atoms with Crippen LogP contribution in [0, 0.1) is 0 Å². The molecular weight excluding hydrogens is 307 g/mol. The van der Waals surface area contributed by atoms with Crippen LogP contribution in [0.5, 0.6) is 11.5 Å². The summed E-state index contributed by atoms with van der Waals surface area (Å²) >= 11 is 9.58. The number of halogens is 2. The molecule has 0 aromatic heterocycles. The van der Waals surface area contributed by atoms with Gasteiger partial charge < -0.3 is 14.6 Å². The number of rotatable bonds is 4. The largest absolute Gasteiger partial charge is 0.492 e. The molecule has 0 radical (unpaired) electrons. The second-order valence-electron chi connectivity index (χ2n) is 4.29. The highest BCUT2D eigenvalue weighted by molar-refractivity contribution is 9.10. The first-order valence-electron chi connectivity index (χ1n) is 5.32. The van der Waals surface area contributed by atoms with Gasteiger partial charge in [-0.15, -0.1) is 0 Å². The van der Waals surface area contributed by atoms with Gasteiger partial charge in [-0.25, -0.2) is 0 Å². The molecule has 0 saturated heterocycles. The predicted octanol–water partition coefficient (Wildman–Crippen LogP) is 3.19. The third-order valence-corrected chi connectivity index (χ3v) is 3.91. The third kappa shape index (κ3) is 2.54. The minimum Gasteiger partial charge on any atom is -0.492 e. The van der Waals surface area contributed by atoms with E-state index in [9.17, 15) is 5.11 Å². The molecule has 1 aliphatic carbocycles. The first-order valence-corrected chi connectivity index (χ1v) is 6.49. The number of methoxy groups -OCH3 is 2. The molecule has 1 N–H and O–H groups in total. The predicted molar refractivity (Wildman–Crippen MR) is 70.1 cm³/mol. The Bertz CT molecular complexity index is 444. The summed E-state index contributed by atoms with van der Waals surface area (Å²) in [6.45, 7) is 0. The smallest absolute Gasteiger partial charge is 0.175 e. The van der Waals surface area contributed by atoms with Gasteiger partial charge in [0, 0.05) is 17.0 Å². The van der Waals surface area contributed by atoms with Gasteiger partial charge in [-0.2, -0.15) is 0 Å². The molecule has 2 rings (SSSR count). The van der Waals surface area contributed by atoms with E-state index < -0.39 is 5.60 Å². The van der Waals surface area contributed by atoms with Crippen LogP contribution in [0.3, 0.4) is 0 Å². The first-order chi connectivity index (χ1) is 8.00. The van der Waals surface area contributed by atoms with Crippen LogP contribution >= 0.6 is 27.5 Å². The van der Waals surface area contributed by atoms with Gasteiger partial charge in [-0.3, -0.25) is 0 Å². The molecule has 0 bridgehead atoms. The fourth-order valence-electron chi connectivity index (χ4n) is 1.84. The van der Waals surface area contributed by atoms with Crippen LogP contribution in [0.1, 0.15) is 18.4 Å². The summed E-state index contributed by atoms with van der Waals surface area (Å²) < 4.78 is 11.4. The molecular formula is C12H14BrClO3. The van der Waals surface area contributed by atoms with Gasteiger partial charge in [0.15, 0.2) is 11.5 Å². The van der Waals surface area contributed by atoms with Crippen LogP contribution in [0.2, 0.25) is 5.02 Å². The summed E-state index contributed by atoms with van der Waals surface area (Å²) in [5, 5.41) is 10.6. The number of ether oxygens (including phenoxy) is 2. The van der Waals surface area contributed by atoms with Crippen molar-refractivity contribution < 1.29 is 14.6 Å². The fraction of sp³-hybridized carbons (Fsp3) is 0.500. The Kier molecular flexibility index (Phi) is 3.57. The lowest BCUT2D eigenvalue weighted by Gasteiger charge is -2.17. The molecule has 0 atom stereocenters. The summed E-state index contributed by atoms with van der Waals surface area (Å²) in [6.07, 6.45) is 2.12. The Hall–Kier alpha value is -0.450. The van der Waals surface area contributed by atoms with E-state index in [1.54, 1.807) is 20.3 Å². The molecule has 1 fully saturated rings. The van der Waals surface area contributed by atoms with E-state index in [2.05, 4.69) is 15.9 Å². The Morgan fingerprint density at radius 1 is 1.35 bits per heavy atom. The van der Waals surface area contributed by atoms with Crippen molar-refractivity contribution in [1.82, 2.24) is 0 Å². The topological polar surface area (TPSA) is 38.7 Å². The lowest BCUT2D eigenvalue weighted by Crippen LogP contribution is -2.12. The molecule has 3 nitrogen and oxygen atoms in total. The highest BCUT2D eigenvalue weighted by Crippen LogP contribution is 2.47. The molecule has 1 aliphatic rings. The molecule has 1 aromatic rings. The average molecular weight is 322 g/mol. The summed E-state index contributed by atoms with van der Waals surface area (Å²) in [5.74, 6) is 1.20. The van der Waals surface area contributed by atoms with Gasteiger partial charge in [0.2, 0.25) is 0 Å². The number of hydrogen-bond acceptors (Lipinski definition) is 3. The number of benzene rings is 1. The Morgan fingerprint density at radius 3 is 2.41 bits per heavy atom. The Balaban J connectivity index is 2.48. The van der Waals surface area contributed by atoms with E-state index in [1.807, 2.05) is 0 Å². The molecule has 5 heteroatoms. The summed E-state index contributed by atoms with van der Waals surface area (Å²) in [5.41, 5.74) is 0.185. The van der Waals surface area contributed by atoms with Crippen molar-refractivity contribution in [3.8, 4) is 11.5 Å². The van der Waals surface area contributed by atoms with Crippen molar-refractivity contribution in [2.45, 2.75) is 24.9 Å². The standard InChI is InChI=1S/C12H14BrClO3/c1-16-10-7(6-12(15)3-4-12)9(14)5-8(13)11(10)17-2/h5,15H,3-4,6H2,1-2H3. The van der Waals surface area contributed by atoms with Gasteiger partial charge in [-0.1, -0.05) is 11.6 Å². The highest BCUT2D eigenvalue weighted by atomic mass is 79.9. The van der Waals surface area contributed by atoms with Crippen molar-refractivity contribution in [2.24, 2.45) is 0 Å². The Morgan fingerprint density at radius 2 is 1.94 bits per heavy atom. The van der Waals surface area contributed by atoms with Gasteiger partial charge in [0.1, 0.15) is 0 Å². The molecule has 94 valence electrons. The monoisotopic (exact) mass is 320 g/mol. The van der Waals surface area contributed by atoms with Gasteiger partial charge >= 0.3 is 0 Å². The maximum Gasteiger partial charge on any atom is 0.175 e. The lowest BCUT2D eigenvalue weighted by molar-refractivity contribution is 0.149. The molecule has 0 aliphatic heterocycles. The zero-order valence-electron chi connectivity index (χ0n) is 9.72. The number of aliphatic hydroxyl groups is 1.